The zero-order valence-corrected chi connectivity index (χ0v) is 17.6. The van der Waals surface area contributed by atoms with Gasteiger partial charge in [-0.2, -0.15) is 5.10 Å². The number of hydrogen-bond donors (Lipinski definition) is 0. The molecule has 2 aromatic carbocycles. The largest absolute Gasteiger partial charge is 0.484 e. The second-order valence-corrected chi connectivity index (χ2v) is 7.13. The maximum Gasteiger partial charge on any atom is 0.259 e. The monoisotopic (exact) mass is 403 g/mol. The standard InChI is InChI=1S/C24H25N3O3/c1-17-22(18(2)27(25-17)20-8-6-5-7-9-20)14-15-23(28)19-10-12-21(13-11-19)30-16-24(29)26(3)4/h5-15H,16H2,1-4H3/b15-14+. The Kier molecular flexibility index (Phi) is 6.47. The van der Waals surface area contributed by atoms with Crippen molar-refractivity contribution in [2.75, 3.05) is 20.7 Å². The Bertz CT molecular complexity index is 1070. The van der Waals surface area contributed by atoms with E-state index in [4.69, 9.17) is 4.74 Å². The lowest BCUT2D eigenvalue weighted by Gasteiger charge is -2.11. The maximum absolute atomic E-state index is 12.6. The summed E-state index contributed by atoms with van der Waals surface area (Å²) in [5.41, 5.74) is 4.27. The van der Waals surface area contributed by atoms with Crippen LogP contribution in [0.4, 0.5) is 0 Å². The molecule has 1 aromatic heterocycles. The van der Waals surface area contributed by atoms with E-state index in [0.717, 1.165) is 22.6 Å². The summed E-state index contributed by atoms with van der Waals surface area (Å²) in [6.07, 6.45) is 3.36. The minimum atomic E-state index is -0.125. The molecule has 0 radical (unpaired) electrons. The Morgan fingerprint density at radius 1 is 1.03 bits per heavy atom. The molecule has 30 heavy (non-hydrogen) atoms. The Balaban J connectivity index is 1.70. The molecule has 6 heteroatoms. The van der Waals surface area contributed by atoms with E-state index in [-0.39, 0.29) is 18.3 Å². The number of amides is 1. The van der Waals surface area contributed by atoms with E-state index in [2.05, 4.69) is 5.10 Å². The molecule has 1 amide bonds. The molecule has 3 rings (SSSR count). The molecule has 1 heterocycles. The quantitative estimate of drug-likeness (QED) is 0.444. The zero-order chi connectivity index (χ0) is 21.7. The molecular weight excluding hydrogens is 378 g/mol. The molecule has 6 nitrogen and oxygen atoms in total. The highest BCUT2D eigenvalue weighted by molar-refractivity contribution is 6.07. The molecule has 0 aliphatic heterocycles. The Morgan fingerprint density at radius 2 is 1.70 bits per heavy atom. The van der Waals surface area contributed by atoms with Crippen molar-refractivity contribution in [2.45, 2.75) is 13.8 Å². The molecule has 0 bridgehead atoms. The summed E-state index contributed by atoms with van der Waals surface area (Å²) in [6.45, 7) is 3.88. The summed E-state index contributed by atoms with van der Waals surface area (Å²) in [4.78, 5) is 25.6. The Labute approximate surface area is 176 Å². The fourth-order valence-corrected chi connectivity index (χ4v) is 2.96. The van der Waals surface area contributed by atoms with Gasteiger partial charge in [-0.1, -0.05) is 18.2 Å². The van der Waals surface area contributed by atoms with Gasteiger partial charge in [-0.05, 0) is 62.4 Å². The second kappa shape index (κ2) is 9.22. The van der Waals surface area contributed by atoms with E-state index in [0.29, 0.717) is 11.3 Å². The number of nitrogens with zero attached hydrogens (tertiary/aromatic N) is 3. The average molecular weight is 403 g/mol. The van der Waals surface area contributed by atoms with E-state index in [1.165, 1.54) is 4.90 Å². The van der Waals surface area contributed by atoms with Gasteiger partial charge >= 0.3 is 0 Å². The summed E-state index contributed by atoms with van der Waals surface area (Å²) < 4.78 is 7.31. The third-order valence-electron chi connectivity index (χ3n) is 4.75. The molecule has 0 saturated carbocycles. The zero-order valence-electron chi connectivity index (χ0n) is 17.6. The van der Waals surface area contributed by atoms with E-state index < -0.39 is 0 Å². The summed E-state index contributed by atoms with van der Waals surface area (Å²) in [7, 11) is 3.35. The SMILES string of the molecule is Cc1nn(-c2ccccc2)c(C)c1/C=C/C(=O)c1ccc(OCC(=O)N(C)C)cc1. The highest BCUT2D eigenvalue weighted by Gasteiger charge is 2.11. The number of rotatable bonds is 7. The first kappa shape index (κ1) is 21.0. The van der Waals surface area contributed by atoms with Crippen LogP contribution in [0.25, 0.3) is 11.8 Å². The van der Waals surface area contributed by atoms with Crippen LogP contribution >= 0.6 is 0 Å². The number of aromatic nitrogens is 2. The van der Waals surface area contributed by atoms with Crippen LogP contribution in [0.5, 0.6) is 5.75 Å². The fourth-order valence-electron chi connectivity index (χ4n) is 2.96. The van der Waals surface area contributed by atoms with Gasteiger partial charge in [-0.3, -0.25) is 9.59 Å². The summed E-state index contributed by atoms with van der Waals surface area (Å²) in [5, 5.41) is 4.60. The van der Waals surface area contributed by atoms with Crippen LogP contribution in [0.15, 0.2) is 60.7 Å². The smallest absolute Gasteiger partial charge is 0.259 e. The number of carbonyl (C=O) groups excluding carboxylic acids is 2. The van der Waals surface area contributed by atoms with Crippen LogP contribution in [-0.2, 0) is 4.79 Å². The van der Waals surface area contributed by atoms with Gasteiger partial charge in [0.25, 0.3) is 5.91 Å². The fraction of sp³-hybridized carbons (Fsp3) is 0.208. The first-order valence-electron chi connectivity index (χ1n) is 9.64. The topological polar surface area (TPSA) is 64.4 Å². The molecule has 154 valence electrons. The second-order valence-electron chi connectivity index (χ2n) is 7.13. The van der Waals surface area contributed by atoms with Crippen molar-refractivity contribution in [2.24, 2.45) is 0 Å². The van der Waals surface area contributed by atoms with Crippen molar-refractivity contribution in [3.8, 4) is 11.4 Å². The molecule has 0 unspecified atom stereocenters. The Morgan fingerprint density at radius 3 is 2.33 bits per heavy atom. The van der Waals surface area contributed by atoms with Gasteiger partial charge in [0.05, 0.1) is 11.4 Å². The highest BCUT2D eigenvalue weighted by Crippen LogP contribution is 2.20. The van der Waals surface area contributed by atoms with Gasteiger partial charge < -0.3 is 9.64 Å². The number of benzene rings is 2. The molecule has 0 fully saturated rings. The molecule has 3 aromatic rings. The summed E-state index contributed by atoms with van der Waals surface area (Å²) in [6, 6.07) is 16.6. The lowest BCUT2D eigenvalue weighted by molar-refractivity contribution is -0.130. The molecule has 0 saturated heterocycles. The number of ketones is 1. The van der Waals surface area contributed by atoms with Crippen molar-refractivity contribution in [1.82, 2.24) is 14.7 Å². The van der Waals surface area contributed by atoms with Gasteiger partial charge in [0.2, 0.25) is 0 Å². The number of likely N-dealkylation sites (N-methyl/N-ethyl adjacent to an activating group) is 1. The van der Waals surface area contributed by atoms with Crippen molar-refractivity contribution >= 4 is 17.8 Å². The van der Waals surface area contributed by atoms with Crippen molar-refractivity contribution in [3.05, 3.63) is 83.2 Å². The lowest BCUT2D eigenvalue weighted by Crippen LogP contribution is -2.27. The average Bonchev–Trinajstić information content (AvgIpc) is 3.04. The lowest BCUT2D eigenvalue weighted by atomic mass is 10.1. The number of hydrogen-bond acceptors (Lipinski definition) is 4. The normalized spacial score (nSPS) is 10.9. The van der Waals surface area contributed by atoms with Crippen LogP contribution in [0, 0.1) is 13.8 Å². The predicted octanol–water partition coefficient (Wildman–Crippen LogP) is 3.85. The van der Waals surface area contributed by atoms with Crippen molar-refractivity contribution in [1.29, 1.82) is 0 Å². The van der Waals surface area contributed by atoms with E-state index in [9.17, 15) is 9.59 Å². The summed E-state index contributed by atoms with van der Waals surface area (Å²) >= 11 is 0. The van der Waals surface area contributed by atoms with Gasteiger partial charge in [0.15, 0.2) is 12.4 Å². The number of ether oxygens (including phenoxy) is 1. The highest BCUT2D eigenvalue weighted by atomic mass is 16.5. The van der Waals surface area contributed by atoms with Gasteiger partial charge in [0, 0.05) is 30.9 Å². The maximum atomic E-state index is 12.6. The van der Waals surface area contributed by atoms with E-state index in [1.807, 2.05) is 48.9 Å². The first-order chi connectivity index (χ1) is 14.4. The number of para-hydroxylation sites is 1. The molecule has 0 aliphatic rings. The van der Waals surface area contributed by atoms with Crippen LogP contribution in [0.2, 0.25) is 0 Å². The third kappa shape index (κ3) is 4.84. The molecule has 0 spiro atoms. The van der Waals surface area contributed by atoms with Crippen LogP contribution in [0.1, 0.15) is 27.3 Å². The molecule has 0 aliphatic carbocycles. The number of carbonyl (C=O) groups is 2. The number of allylic oxidation sites excluding steroid dienone is 1. The van der Waals surface area contributed by atoms with E-state index in [1.54, 1.807) is 50.5 Å². The Hall–Kier alpha value is -3.67. The van der Waals surface area contributed by atoms with Crippen molar-refractivity contribution < 1.29 is 14.3 Å². The minimum absolute atomic E-state index is 0.0375. The third-order valence-corrected chi connectivity index (χ3v) is 4.75. The summed E-state index contributed by atoms with van der Waals surface area (Å²) in [5.74, 6) is 0.304. The minimum Gasteiger partial charge on any atom is -0.484 e. The molecule has 0 N–H and O–H groups in total. The van der Waals surface area contributed by atoms with Gasteiger partial charge in [-0.25, -0.2) is 4.68 Å². The molecule has 0 atom stereocenters. The van der Waals surface area contributed by atoms with Crippen LogP contribution in [0.3, 0.4) is 0 Å². The van der Waals surface area contributed by atoms with Gasteiger partial charge in [0.1, 0.15) is 5.75 Å². The predicted molar refractivity (Wildman–Crippen MR) is 117 cm³/mol. The number of aryl methyl sites for hydroxylation is 1. The van der Waals surface area contributed by atoms with E-state index >= 15 is 0 Å². The van der Waals surface area contributed by atoms with Crippen molar-refractivity contribution in [3.63, 3.8) is 0 Å². The first-order valence-corrected chi connectivity index (χ1v) is 9.64. The van der Waals surface area contributed by atoms with Gasteiger partial charge in [-0.15, -0.1) is 0 Å². The molecular formula is C24H25N3O3. The van der Waals surface area contributed by atoms with Crippen LogP contribution in [-0.4, -0.2) is 47.1 Å². The van der Waals surface area contributed by atoms with Crippen LogP contribution < -0.4 is 4.74 Å².